The molecular weight excluding hydrogens is 228 g/mol. The Morgan fingerprint density at radius 3 is 2.61 bits per heavy atom. The number of likely N-dealkylation sites (tertiary alicyclic amines) is 1. The molecule has 0 amide bonds. The number of nitrogens with one attached hydrogen (secondary N) is 1. The molecular formula is C14H26N2O2. The molecule has 0 aromatic heterocycles. The van der Waals surface area contributed by atoms with Crippen LogP contribution in [0.2, 0.25) is 0 Å². The zero-order valence-electron chi connectivity index (χ0n) is 11.4. The third kappa shape index (κ3) is 3.95. The molecule has 0 radical (unpaired) electrons. The van der Waals surface area contributed by atoms with Gasteiger partial charge in [0.2, 0.25) is 0 Å². The smallest absolute Gasteiger partial charge is 0.317 e. The van der Waals surface area contributed by atoms with Gasteiger partial charge in [0.05, 0.1) is 6.54 Å². The van der Waals surface area contributed by atoms with Crippen LogP contribution in [0.5, 0.6) is 0 Å². The molecule has 2 aliphatic rings. The van der Waals surface area contributed by atoms with Gasteiger partial charge in [0.25, 0.3) is 0 Å². The summed E-state index contributed by atoms with van der Waals surface area (Å²) < 4.78 is 0. The van der Waals surface area contributed by atoms with E-state index in [1.807, 2.05) is 0 Å². The van der Waals surface area contributed by atoms with E-state index < -0.39 is 5.97 Å². The van der Waals surface area contributed by atoms with Gasteiger partial charge in [-0.2, -0.15) is 0 Å². The molecule has 4 heteroatoms. The van der Waals surface area contributed by atoms with Crippen LogP contribution in [0.15, 0.2) is 0 Å². The zero-order chi connectivity index (χ0) is 13.0. The summed E-state index contributed by atoms with van der Waals surface area (Å²) in [5.41, 5.74) is 0. The number of carboxylic acids is 1. The van der Waals surface area contributed by atoms with E-state index in [1.165, 1.54) is 32.1 Å². The van der Waals surface area contributed by atoms with Crippen LogP contribution in [-0.4, -0.2) is 47.7 Å². The monoisotopic (exact) mass is 254 g/mol. The Bertz CT molecular complexity index is 277. The van der Waals surface area contributed by atoms with Crippen molar-refractivity contribution < 1.29 is 9.90 Å². The highest BCUT2D eigenvalue weighted by Gasteiger charge is 2.29. The Balaban J connectivity index is 1.86. The first-order valence-electron chi connectivity index (χ1n) is 7.37. The summed E-state index contributed by atoms with van der Waals surface area (Å²) in [6.45, 7) is 4.26. The van der Waals surface area contributed by atoms with E-state index in [0.29, 0.717) is 18.0 Å². The van der Waals surface area contributed by atoms with Gasteiger partial charge in [-0.15, -0.1) is 0 Å². The molecule has 0 aromatic carbocycles. The molecule has 0 bridgehead atoms. The lowest BCUT2D eigenvalue weighted by Gasteiger charge is -2.38. The fourth-order valence-electron chi connectivity index (χ4n) is 3.47. The maximum Gasteiger partial charge on any atom is 0.317 e. The normalized spacial score (nSPS) is 30.7. The number of rotatable bonds is 5. The minimum Gasteiger partial charge on any atom is -0.480 e. The van der Waals surface area contributed by atoms with Crippen LogP contribution in [0.25, 0.3) is 0 Å². The maximum atomic E-state index is 10.9. The minimum atomic E-state index is -0.702. The number of hydrogen-bond acceptors (Lipinski definition) is 3. The molecule has 2 rings (SSSR count). The fourth-order valence-corrected chi connectivity index (χ4v) is 3.47. The summed E-state index contributed by atoms with van der Waals surface area (Å²) in [5, 5.41) is 12.7. The Hall–Kier alpha value is -0.610. The highest BCUT2D eigenvalue weighted by Crippen LogP contribution is 2.23. The second-order valence-corrected chi connectivity index (χ2v) is 5.94. The molecule has 1 saturated heterocycles. The molecule has 1 aliphatic carbocycles. The highest BCUT2D eigenvalue weighted by molar-refractivity contribution is 5.69. The number of aliphatic carboxylic acids is 1. The molecule has 1 heterocycles. The summed E-state index contributed by atoms with van der Waals surface area (Å²) in [5.74, 6) is -0.0524. The largest absolute Gasteiger partial charge is 0.480 e. The predicted octanol–water partition coefficient (Wildman–Crippen LogP) is 1.70. The van der Waals surface area contributed by atoms with E-state index in [9.17, 15) is 4.79 Å². The van der Waals surface area contributed by atoms with Gasteiger partial charge in [0.15, 0.2) is 0 Å². The van der Waals surface area contributed by atoms with Crippen molar-refractivity contribution in [1.29, 1.82) is 0 Å². The third-order valence-corrected chi connectivity index (χ3v) is 4.38. The van der Waals surface area contributed by atoms with Crippen molar-refractivity contribution in [3.8, 4) is 0 Å². The Morgan fingerprint density at radius 1 is 1.28 bits per heavy atom. The van der Waals surface area contributed by atoms with Gasteiger partial charge in [-0.05, 0) is 25.2 Å². The van der Waals surface area contributed by atoms with E-state index in [-0.39, 0.29) is 6.54 Å². The fraction of sp³-hybridized carbons (Fsp3) is 0.929. The van der Waals surface area contributed by atoms with Crippen LogP contribution in [0.1, 0.15) is 45.4 Å². The summed E-state index contributed by atoms with van der Waals surface area (Å²) in [6, 6.07) is 1.17. The van der Waals surface area contributed by atoms with Gasteiger partial charge in [-0.25, -0.2) is 0 Å². The highest BCUT2D eigenvalue weighted by atomic mass is 16.4. The Labute approximate surface area is 110 Å². The SMILES string of the molecule is CCC1CC(NC2CCCC2)CN(CC(=O)O)C1. The van der Waals surface area contributed by atoms with Gasteiger partial charge in [-0.3, -0.25) is 9.69 Å². The van der Waals surface area contributed by atoms with E-state index in [2.05, 4.69) is 17.1 Å². The minimum absolute atomic E-state index is 0.194. The quantitative estimate of drug-likeness (QED) is 0.784. The summed E-state index contributed by atoms with van der Waals surface area (Å²) in [4.78, 5) is 13.0. The average molecular weight is 254 g/mol. The van der Waals surface area contributed by atoms with Crippen LogP contribution in [0, 0.1) is 5.92 Å². The Morgan fingerprint density at radius 2 is 2.00 bits per heavy atom. The molecule has 1 aliphatic heterocycles. The first-order valence-corrected chi connectivity index (χ1v) is 7.37. The van der Waals surface area contributed by atoms with Crippen LogP contribution in [0.4, 0.5) is 0 Å². The second-order valence-electron chi connectivity index (χ2n) is 5.94. The number of hydrogen-bond donors (Lipinski definition) is 2. The average Bonchev–Trinajstić information content (AvgIpc) is 2.80. The summed E-state index contributed by atoms with van der Waals surface area (Å²) in [6.07, 6.45) is 7.65. The van der Waals surface area contributed by atoms with Crippen molar-refractivity contribution in [2.45, 2.75) is 57.5 Å². The summed E-state index contributed by atoms with van der Waals surface area (Å²) in [7, 11) is 0. The predicted molar refractivity (Wildman–Crippen MR) is 71.7 cm³/mol. The van der Waals surface area contributed by atoms with Crippen molar-refractivity contribution in [1.82, 2.24) is 10.2 Å². The van der Waals surface area contributed by atoms with Crippen LogP contribution in [-0.2, 0) is 4.79 Å². The molecule has 2 N–H and O–H groups in total. The van der Waals surface area contributed by atoms with Gasteiger partial charge in [-0.1, -0.05) is 26.2 Å². The molecule has 104 valence electrons. The number of carboxylic acid groups (broad SMARTS) is 1. The molecule has 1 saturated carbocycles. The standard InChI is InChI=1S/C14H26N2O2/c1-2-11-7-13(15-12-5-3-4-6-12)9-16(8-11)10-14(17)18/h11-13,15H,2-10H2,1H3,(H,17,18). The molecule has 0 aromatic rings. The van der Waals surface area contributed by atoms with Crippen LogP contribution >= 0.6 is 0 Å². The molecule has 2 fully saturated rings. The van der Waals surface area contributed by atoms with Crippen molar-refractivity contribution in [2.24, 2.45) is 5.92 Å². The lowest BCUT2D eigenvalue weighted by atomic mass is 9.91. The van der Waals surface area contributed by atoms with Gasteiger partial charge < -0.3 is 10.4 Å². The molecule has 0 spiro atoms. The van der Waals surface area contributed by atoms with Crippen molar-refractivity contribution >= 4 is 5.97 Å². The molecule has 2 unspecified atom stereocenters. The van der Waals surface area contributed by atoms with Crippen LogP contribution < -0.4 is 5.32 Å². The molecule has 18 heavy (non-hydrogen) atoms. The number of piperidine rings is 1. The van der Waals surface area contributed by atoms with Gasteiger partial charge >= 0.3 is 5.97 Å². The Kier molecular flexibility index (Phi) is 5.01. The number of nitrogens with zero attached hydrogens (tertiary/aromatic N) is 1. The lowest BCUT2D eigenvalue weighted by molar-refractivity contribution is -0.138. The zero-order valence-corrected chi connectivity index (χ0v) is 11.4. The van der Waals surface area contributed by atoms with E-state index in [4.69, 9.17) is 5.11 Å². The lowest BCUT2D eigenvalue weighted by Crippen LogP contribution is -2.52. The van der Waals surface area contributed by atoms with E-state index in [0.717, 1.165) is 19.5 Å². The summed E-state index contributed by atoms with van der Waals surface area (Å²) >= 11 is 0. The molecule has 2 atom stereocenters. The van der Waals surface area contributed by atoms with Gasteiger partial charge in [0, 0.05) is 25.2 Å². The van der Waals surface area contributed by atoms with E-state index in [1.54, 1.807) is 0 Å². The third-order valence-electron chi connectivity index (χ3n) is 4.38. The number of carbonyl (C=O) groups is 1. The first kappa shape index (κ1) is 13.8. The van der Waals surface area contributed by atoms with E-state index >= 15 is 0 Å². The van der Waals surface area contributed by atoms with Gasteiger partial charge in [0.1, 0.15) is 0 Å². The van der Waals surface area contributed by atoms with Crippen molar-refractivity contribution in [2.75, 3.05) is 19.6 Å². The van der Waals surface area contributed by atoms with Crippen molar-refractivity contribution in [3.05, 3.63) is 0 Å². The van der Waals surface area contributed by atoms with Crippen molar-refractivity contribution in [3.63, 3.8) is 0 Å². The maximum absolute atomic E-state index is 10.9. The topological polar surface area (TPSA) is 52.6 Å². The first-order chi connectivity index (χ1) is 8.67. The van der Waals surface area contributed by atoms with Crippen LogP contribution in [0.3, 0.4) is 0 Å². The molecule has 4 nitrogen and oxygen atoms in total. The second kappa shape index (κ2) is 6.53.